The van der Waals surface area contributed by atoms with Crippen LogP contribution in [-0.2, 0) is 10.0 Å². The molecule has 3 aromatic rings. The zero-order valence-corrected chi connectivity index (χ0v) is 16.3. The Labute approximate surface area is 167 Å². The second-order valence-corrected chi connectivity index (χ2v) is 9.42. The largest absolute Gasteiger partial charge is 0.393 e. The van der Waals surface area contributed by atoms with E-state index in [1.165, 1.54) is 6.33 Å². The molecule has 0 bridgehead atoms. The van der Waals surface area contributed by atoms with E-state index >= 15 is 0 Å². The summed E-state index contributed by atoms with van der Waals surface area (Å²) in [7, 11) is -3.80. The molecule has 0 aliphatic heterocycles. The number of allylic oxidation sites excluding steroid dienone is 1. The quantitative estimate of drug-likeness (QED) is 0.606. The Bertz CT molecular complexity index is 1320. The minimum atomic E-state index is -3.80. The summed E-state index contributed by atoms with van der Waals surface area (Å²) < 4.78 is 27.9. The van der Waals surface area contributed by atoms with Gasteiger partial charge in [-0.15, -0.1) is 0 Å². The standard InChI is InChI=1S/C20H19N5O3S/c21-10-20(7-8-20)25-29(27,28)14-5-6-15-16(9-14)24-19-17(15)18(22-11-23-19)12-1-3-13(26)4-2-12/h1,5-6,9,11,13,25-26H,2-4,7-8H2,(H,22,23,24). The number of aromatic amines is 1. The van der Waals surface area contributed by atoms with Crippen molar-refractivity contribution < 1.29 is 13.5 Å². The van der Waals surface area contributed by atoms with Crippen molar-refractivity contribution in [2.24, 2.45) is 0 Å². The highest BCUT2D eigenvalue weighted by Gasteiger charge is 2.46. The molecule has 0 spiro atoms. The van der Waals surface area contributed by atoms with E-state index < -0.39 is 15.6 Å². The molecular weight excluding hydrogens is 390 g/mol. The van der Waals surface area contributed by atoms with Crippen LogP contribution in [0, 0.1) is 11.3 Å². The van der Waals surface area contributed by atoms with Crippen molar-refractivity contribution >= 4 is 37.5 Å². The van der Waals surface area contributed by atoms with Gasteiger partial charge >= 0.3 is 0 Å². The second kappa shape index (κ2) is 6.35. The molecule has 5 rings (SSSR count). The molecule has 2 heterocycles. The third kappa shape index (κ3) is 3.09. The summed E-state index contributed by atoms with van der Waals surface area (Å²) in [5, 5.41) is 20.6. The zero-order chi connectivity index (χ0) is 20.2. The van der Waals surface area contributed by atoms with Crippen molar-refractivity contribution in [3.05, 3.63) is 36.3 Å². The number of nitriles is 1. The summed E-state index contributed by atoms with van der Waals surface area (Å²) in [6.45, 7) is 0. The van der Waals surface area contributed by atoms with E-state index in [4.69, 9.17) is 0 Å². The number of nitrogens with one attached hydrogen (secondary N) is 2. The number of nitrogens with zero attached hydrogens (tertiary/aromatic N) is 3. The Kier molecular flexibility index (Phi) is 4.00. The summed E-state index contributed by atoms with van der Waals surface area (Å²) in [6.07, 6.45) is 6.25. The van der Waals surface area contributed by atoms with Gasteiger partial charge in [0.2, 0.25) is 10.0 Å². The van der Waals surface area contributed by atoms with E-state index in [2.05, 4.69) is 19.7 Å². The lowest BCUT2D eigenvalue weighted by Crippen LogP contribution is -2.35. The fraction of sp³-hybridized carbons (Fsp3) is 0.350. The Morgan fingerprint density at radius 2 is 2.14 bits per heavy atom. The molecule has 8 nitrogen and oxygen atoms in total. The third-order valence-corrected chi connectivity index (χ3v) is 7.19. The van der Waals surface area contributed by atoms with E-state index in [1.807, 2.05) is 12.1 Å². The van der Waals surface area contributed by atoms with E-state index in [9.17, 15) is 18.8 Å². The van der Waals surface area contributed by atoms with Crippen LogP contribution in [-0.4, -0.2) is 40.1 Å². The maximum Gasteiger partial charge on any atom is 0.242 e. The number of hydrogen-bond acceptors (Lipinski definition) is 6. The first-order chi connectivity index (χ1) is 13.9. The third-order valence-electron chi connectivity index (χ3n) is 5.65. The molecule has 2 aromatic heterocycles. The summed E-state index contributed by atoms with van der Waals surface area (Å²) in [6, 6.07) is 6.90. The normalized spacial score (nSPS) is 21.1. The van der Waals surface area contributed by atoms with Crippen molar-refractivity contribution in [3.8, 4) is 6.07 Å². The number of rotatable bonds is 4. The highest BCUT2D eigenvalue weighted by molar-refractivity contribution is 7.89. The van der Waals surface area contributed by atoms with Gasteiger partial charge in [-0.3, -0.25) is 0 Å². The van der Waals surface area contributed by atoms with Gasteiger partial charge in [0.05, 0.1) is 28.1 Å². The molecule has 1 aromatic carbocycles. The topological polar surface area (TPSA) is 132 Å². The number of hydrogen-bond donors (Lipinski definition) is 3. The molecule has 148 valence electrons. The Hall–Kier alpha value is -2.80. The van der Waals surface area contributed by atoms with Crippen LogP contribution in [0.5, 0.6) is 0 Å². The molecule has 1 saturated carbocycles. The molecule has 3 N–H and O–H groups in total. The average Bonchev–Trinajstić information content (AvgIpc) is 3.37. The van der Waals surface area contributed by atoms with Crippen LogP contribution in [0.2, 0.25) is 0 Å². The maximum absolute atomic E-state index is 12.7. The molecule has 2 aliphatic carbocycles. The molecule has 2 aliphatic rings. The highest BCUT2D eigenvalue weighted by Crippen LogP contribution is 2.37. The van der Waals surface area contributed by atoms with E-state index in [0.717, 1.165) is 28.5 Å². The first-order valence-electron chi connectivity index (χ1n) is 9.50. The Balaban J connectivity index is 1.61. The molecule has 0 amide bonds. The van der Waals surface area contributed by atoms with Crippen LogP contribution in [0.3, 0.4) is 0 Å². The summed E-state index contributed by atoms with van der Waals surface area (Å²) >= 11 is 0. The summed E-state index contributed by atoms with van der Waals surface area (Å²) in [5.41, 5.74) is 2.18. The van der Waals surface area contributed by atoms with Crippen LogP contribution in [0.15, 0.2) is 35.5 Å². The van der Waals surface area contributed by atoms with Gasteiger partial charge in [-0.2, -0.15) is 9.98 Å². The fourth-order valence-corrected chi connectivity index (χ4v) is 5.23. The van der Waals surface area contributed by atoms with Crippen LogP contribution >= 0.6 is 0 Å². The highest BCUT2D eigenvalue weighted by atomic mass is 32.2. The van der Waals surface area contributed by atoms with Crippen LogP contribution in [0.1, 0.15) is 37.8 Å². The number of aliphatic hydroxyl groups excluding tert-OH is 1. The number of aliphatic hydroxyl groups is 1. The molecule has 0 radical (unpaired) electrons. The van der Waals surface area contributed by atoms with E-state index in [1.54, 1.807) is 18.2 Å². The summed E-state index contributed by atoms with van der Waals surface area (Å²) in [4.78, 5) is 12.1. The summed E-state index contributed by atoms with van der Waals surface area (Å²) in [5.74, 6) is 0. The van der Waals surface area contributed by atoms with Gasteiger partial charge in [-0.05, 0) is 49.8 Å². The van der Waals surface area contributed by atoms with E-state index in [-0.39, 0.29) is 11.0 Å². The number of fused-ring (bicyclic) bond motifs is 3. The lowest BCUT2D eigenvalue weighted by atomic mass is 9.93. The molecule has 9 heteroatoms. The zero-order valence-electron chi connectivity index (χ0n) is 15.5. The number of benzene rings is 1. The van der Waals surface area contributed by atoms with Gasteiger partial charge < -0.3 is 10.1 Å². The van der Waals surface area contributed by atoms with E-state index in [0.29, 0.717) is 36.8 Å². The first kappa shape index (κ1) is 18.2. The minimum Gasteiger partial charge on any atom is -0.393 e. The molecule has 0 saturated heterocycles. The minimum absolute atomic E-state index is 0.104. The Morgan fingerprint density at radius 1 is 1.31 bits per heavy atom. The monoisotopic (exact) mass is 409 g/mol. The van der Waals surface area contributed by atoms with Gasteiger partial charge in [-0.25, -0.2) is 18.4 Å². The van der Waals surface area contributed by atoms with Gasteiger partial charge in [0.25, 0.3) is 0 Å². The molecule has 29 heavy (non-hydrogen) atoms. The van der Waals surface area contributed by atoms with Gasteiger partial charge in [0.1, 0.15) is 17.5 Å². The van der Waals surface area contributed by atoms with Crippen molar-refractivity contribution in [1.29, 1.82) is 5.26 Å². The lowest BCUT2D eigenvalue weighted by molar-refractivity contribution is 0.166. The lowest BCUT2D eigenvalue weighted by Gasteiger charge is -2.17. The van der Waals surface area contributed by atoms with Crippen molar-refractivity contribution in [3.63, 3.8) is 0 Å². The van der Waals surface area contributed by atoms with Crippen molar-refractivity contribution in [2.75, 3.05) is 0 Å². The number of H-pyrrole nitrogens is 1. The van der Waals surface area contributed by atoms with Crippen molar-refractivity contribution in [2.45, 2.75) is 48.6 Å². The van der Waals surface area contributed by atoms with Gasteiger partial charge in [0.15, 0.2) is 0 Å². The molecule has 1 atom stereocenters. The van der Waals surface area contributed by atoms with Gasteiger partial charge in [0, 0.05) is 10.9 Å². The van der Waals surface area contributed by atoms with Crippen LogP contribution in [0.25, 0.3) is 27.5 Å². The predicted molar refractivity (Wildman–Crippen MR) is 107 cm³/mol. The second-order valence-electron chi connectivity index (χ2n) is 7.74. The SMILES string of the molecule is N#CC1(NS(=O)(=O)c2ccc3c(c2)[nH]c2ncnc(C4=CCC(O)CC4)c23)CC1. The maximum atomic E-state index is 12.7. The molecule has 1 unspecified atom stereocenters. The average molecular weight is 409 g/mol. The molecule has 1 fully saturated rings. The predicted octanol–water partition coefficient (Wildman–Crippen LogP) is 2.37. The molecular formula is C20H19N5O3S. The number of sulfonamides is 1. The first-order valence-corrected chi connectivity index (χ1v) is 11.0. The van der Waals surface area contributed by atoms with Gasteiger partial charge in [-0.1, -0.05) is 12.1 Å². The van der Waals surface area contributed by atoms with Crippen molar-refractivity contribution in [1.82, 2.24) is 19.7 Å². The Morgan fingerprint density at radius 3 is 2.83 bits per heavy atom. The fourth-order valence-electron chi connectivity index (χ4n) is 3.83. The van der Waals surface area contributed by atoms with Crippen LogP contribution in [0.4, 0.5) is 0 Å². The number of aromatic nitrogens is 3. The smallest absolute Gasteiger partial charge is 0.242 e. The van der Waals surface area contributed by atoms with Crippen LogP contribution < -0.4 is 4.72 Å².